The minimum absolute atomic E-state index is 0.118. The molecule has 0 aliphatic carbocycles. The van der Waals surface area contributed by atoms with Crippen LogP contribution in [0, 0.1) is 17.0 Å². The van der Waals surface area contributed by atoms with Crippen molar-refractivity contribution in [1.82, 2.24) is 20.6 Å². The van der Waals surface area contributed by atoms with Gasteiger partial charge in [-0.3, -0.25) is 20.2 Å². The van der Waals surface area contributed by atoms with E-state index in [-0.39, 0.29) is 16.4 Å². The third-order valence-electron chi connectivity index (χ3n) is 4.71. The number of pyridine rings is 1. The number of rotatable bonds is 5. The average Bonchev–Trinajstić information content (AvgIpc) is 3.22. The number of carbonyl (C=O) groups is 1. The van der Waals surface area contributed by atoms with Gasteiger partial charge >= 0.3 is 0 Å². The number of benzene rings is 2. The molecule has 2 heterocycles. The van der Waals surface area contributed by atoms with E-state index in [9.17, 15) is 14.9 Å². The maximum Gasteiger partial charge on any atom is 0.273 e. The summed E-state index contributed by atoms with van der Waals surface area (Å²) in [6.07, 6.45) is 1.66. The summed E-state index contributed by atoms with van der Waals surface area (Å²) >= 11 is 5.17. The lowest BCUT2D eigenvalue weighted by Crippen LogP contribution is -2.38. The third kappa shape index (κ3) is 4.60. The highest BCUT2D eigenvalue weighted by molar-refractivity contribution is 7.80. The van der Waals surface area contributed by atoms with Gasteiger partial charge in [0.05, 0.1) is 4.92 Å². The number of nitrogens with zero attached hydrogens (tertiary/aromatic N) is 3. The first-order valence-corrected chi connectivity index (χ1v) is 9.96. The molecule has 4 rings (SSSR count). The SMILES string of the molecule is Cc1ccc(C(=O)NC(=S)NCc2ccc(-c3nc4ncccc4o3)cc2)cc1[N+](=O)[O-]. The summed E-state index contributed by atoms with van der Waals surface area (Å²) in [6, 6.07) is 15.4. The first-order chi connectivity index (χ1) is 15.4. The van der Waals surface area contributed by atoms with Crippen LogP contribution in [0.15, 0.2) is 65.2 Å². The summed E-state index contributed by atoms with van der Waals surface area (Å²) in [4.78, 5) is 31.4. The molecule has 0 saturated carbocycles. The lowest BCUT2D eigenvalue weighted by molar-refractivity contribution is -0.385. The van der Waals surface area contributed by atoms with Crippen molar-refractivity contribution in [2.24, 2.45) is 0 Å². The summed E-state index contributed by atoms with van der Waals surface area (Å²) in [5.41, 5.74) is 3.41. The largest absolute Gasteiger partial charge is 0.434 e. The second kappa shape index (κ2) is 8.90. The highest BCUT2D eigenvalue weighted by atomic mass is 32.1. The Kier molecular flexibility index (Phi) is 5.86. The Balaban J connectivity index is 1.35. The predicted octanol–water partition coefficient (Wildman–Crippen LogP) is 3.91. The summed E-state index contributed by atoms with van der Waals surface area (Å²) in [7, 11) is 0. The molecule has 10 heteroatoms. The first-order valence-electron chi connectivity index (χ1n) is 9.56. The lowest BCUT2D eigenvalue weighted by Gasteiger charge is -2.10. The smallest absolute Gasteiger partial charge is 0.273 e. The topological polar surface area (TPSA) is 123 Å². The van der Waals surface area contributed by atoms with Crippen molar-refractivity contribution in [3.05, 3.63) is 87.6 Å². The number of nitro benzene ring substituents is 1. The third-order valence-corrected chi connectivity index (χ3v) is 4.96. The highest BCUT2D eigenvalue weighted by Gasteiger charge is 2.16. The fourth-order valence-corrected chi connectivity index (χ4v) is 3.17. The molecule has 0 atom stereocenters. The molecule has 0 bridgehead atoms. The van der Waals surface area contributed by atoms with E-state index in [1.54, 1.807) is 25.3 Å². The van der Waals surface area contributed by atoms with Crippen molar-refractivity contribution in [2.45, 2.75) is 13.5 Å². The van der Waals surface area contributed by atoms with Crippen LogP contribution in [0.4, 0.5) is 5.69 Å². The molecule has 32 heavy (non-hydrogen) atoms. The number of carbonyl (C=O) groups excluding carboxylic acids is 1. The number of amides is 1. The number of nitrogens with one attached hydrogen (secondary N) is 2. The van der Waals surface area contributed by atoms with Gasteiger partial charge in [0.2, 0.25) is 5.89 Å². The molecule has 0 radical (unpaired) electrons. The van der Waals surface area contributed by atoms with Crippen molar-refractivity contribution in [1.29, 1.82) is 0 Å². The molecular formula is C22H17N5O4S. The zero-order valence-electron chi connectivity index (χ0n) is 16.9. The minimum atomic E-state index is -0.524. The molecule has 0 fully saturated rings. The Labute approximate surface area is 187 Å². The van der Waals surface area contributed by atoms with Crippen molar-refractivity contribution in [3.63, 3.8) is 0 Å². The molecule has 0 aliphatic heterocycles. The van der Waals surface area contributed by atoms with Crippen LogP contribution in [0.2, 0.25) is 0 Å². The fraction of sp³-hybridized carbons (Fsp3) is 0.0909. The second-order valence-corrected chi connectivity index (χ2v) is 7.34. The van der Waals surface area contributed by atoms with Crippen LogP contribution in [-0.4, -0.2) is 25.9 Å². The monoisotopic (exact) mass is 447 g/mol. The normalized spacial score (nSPS) is 10.7. The molecule has 0 unspecified atom stereocenters. The Morgan fingerprint density at radius 1 is 1.19 bits per heavy atom. The fourth-order valence-electron chi connectivity index (χ4n) is 3.01. The number of thiocarbonyl (C=S) groups is 1. The van der Waals surface area contributed by atoms with Gasteiger partial charge in [-0.05, 0) is 55.0 Å². The van der Waals surface area contributed by atoms with Crippen LogP contribution < -0.4 is 10.6 Å². The van der Waals surface area contributed by atoms with Gasteiger partial charge in [-0.15, -0.1) is 0 Å². The zero-order chi connectivity index (χ0) is 22.7. The van der Waals surface area contributed by atoms with Gasteiger partial charge in [0.1, 0.15) is 0 Å². The average molecular weight is 447 g/mol. The van der Waals surface area contributed by atoms with Crippen molar-refractivity contribution in [2.75, 3.05) is 0 Å². The van der Waals surface area contributed by atoms with E-state index in [0.29, 0.717) is 29.2 Å². The molecule has 0 saturated heterocycles. The molecule has 0 spiro atoms. The van der Waals surface area contributed by atoms with E-state index < -0.39 is 10.8 Å². The van der Waals surface area contributed by atoms with Crippen LogP contribution in [0.3, 0.4) is 0 Å². The quantitative estimate of drug-likeness (QED) is 0.268. The van der Waals surface area contributed by atoms with Gasteiger partial charge in [-0.25, -0.2) is 4.98 Å². The molecule has 0 aliphatic rings. The van der Waals surface area contributed by atoms with E-state index in [2.05, 4.69) is 20.6 Å². The number of hydrogen-bond acceptors (Lipinski definition) is 7. The van der Waals surface area contributed by atoms with Gasteiger partial charge in [-0.1, -0.05) is 18.2 Å². The van der Waals surface area contributed by atoms with Gasteiger partial charge in [0.25, 0.3) is 11.6 Å². The summed E-state index contributed by atoms with van der Waals surface area (Å²) in [5, 5.41) is 16.7. The van der Waals surface area contributed by atoms with Crippen molar-refractivity contribution in [3.8, 4) is 11.5 Å². The number of fused-ring (bicyclic) bond motifs is 1. The molecular weight excluding hydrogens is 430 g/mol. The lowest BCUT2D eigenvalue weighted by atomic mass is 10.1. The van der Waals surface area contributed by atoms with E-state index in [1.165, 1.54) is 18.2 Å². The summed E-state index contributed by atoms with van der Waals surface area (Å²) < 4.78 is 5.71. The number of hydrogen-bond donors (Lipinski definition) is 2. The summed E-state index contributed by atoms with van der Waals surface area (Å²) in [6.45, 7) is 1.99. The number of aromatic nitrogens is 2. The molecule has 2 aromatic heterocycles. The molecule has 2 aromatic carbocycles. The Bertz CT molecular complexity index is 1300. The standard InChI is InChI=1S/C22H17N5O4S/c1-13-4-7-16(11-17(13)27(29)30)20(28)26-22(32)24-12-14-5-8-15(9-6-14)21-25-19-18(31-21)3-2-10-23-19/h2-11H,12H2,1H3,(H2,24,26,28,32). The first kappa shape index (κ1) is 21.1. The zero-order valence-corrected chi connectivity index (χ0v) is 17.7. The summed E-state index contributed by atoms with van der Waals surface area (Å²) in [5.74, 6) is -0.0429. The molecule has 4 aromatic rings. The van der Waals surface area contributed by atoms with E-state index >= 15 is 0 Å². The molecule has 9 nitrogen and oxygen atoms in total. The Hall–Kier alpha value is -4.18. The highest BCUT2D eigenvalue weighted by Crippen LogP contribution is 2.23. The molecule has 1 amide bonds. The van der Waals surface area contributed by atoms with Crippen LogP contribution >= 0.6 is 12.2 Å². The van der Waals surface area contributed by atoms with Gasteiger partial charge in [-0.2, -0.15) is 4.98 Å². The van der Waals surface area contributed by atoms with Crippen LogP contribution in [0.5, 0.6) is 0 Å². The maximum atomic E-state index is 12.3. The number of oxazole rings is 1. The predicted molar refractivity (Wildman–Crippen MR) is 122 cm³/mol. The van der Waals surface area contributed by atoms with Crippen LogP contribution in [0.25, 0.3) is 22.7 Å². The van der Waals surface area contributed by atoms with Gasteiger partial charge in [0, 0.05) is 35.5 Å². The Morgan fingerprint density at radius 2 is 1.97 bits per heavy atom. The van der Waals surface area contributed by atoms with E-state index in [1.807, 2.05) is 24.3 Å². The molecule has 2 N–H and O–H groups in total. The van der Waals surface area contributed by atoms with E-state index in [4.69, 9.17) is 16.6 Å². The van der Waals surface area contributed by atoms with Gasteiger partial charge < -0.3 is 9.73 Å². The van der Waals surface area contributed by atoms with Crippen LogP contribution in [0.1, 0.15) is 21.5 Å². The van der Waals surface area contributed by atoms with Gasteiger partial charge in [0.15, 0.2) is 16.3 Å². The minimum Gasteiger partial charge on any atom is -0.434 e. The Morgan fingerprint density at radius 3 is 2.69 bits per heavy atom. The molecule has 160 valence electrons. The maximum absolute atomic E-state index is 12.3. The van der Waals surface area contributed by atoms with Crippen LogP contribution in [-0.2, 0) is 6.54 Å². The van der Waals surface area contributed by atoms with E-state index in [0.717, 1.165) is 11.1 Å². The number of aryl methyl sites for hydroxylation is 1. The van der Waals surface area contributed by atoms with Crippen molar-refractivity contribution < 1.29 is 14.1 Å². The number of nitro groups is 1. The second-order valence-electron chi connectivity index (χ2n) is 6.94. The van der Waals surface area contributed by atoms with Crippen molar-refractivity contribution >= 4 is 40.2 Å².